The Morgan fingerprint density at radius 3 is 1.48 bits per heavy atom. The lowest BCUT2D eigenvalue weighted by molar-refractivity contribution is -0.134. The fourth-order valence-corrected chi connectivity index (χ4v) is 9.09. The van der Waals surface area contributed by atoms with Crippen LogP contribution < -0.4 is 36.1 Å². The first-order valence-electron chi connectivity index (χ1n) is 22.2. The summed E-state index contributed by atoms with van der Waals surface area (Å²) in [4.78, 5) is 48.0. The van der Waals surface area contributed by atoms with Gasteiger partial charge in [0.05, 0.1) is 50.7 Å². The molecule has 4 heterocycles. The van der Waals surface area contributed by atoms with Gasteiger partial charge in [-0.25, -0.2) is 13.6 Å². The van der Waals surface area contributed by atoms with Crippen molar-refractivity contribution in [3.8, 4) is 11.5 Å². The molecule has 4 aliphatic heterocycles. The summed E-state index contributed by atoms with van der Waals surface area (Å²) >= 11 is 12.1. The highest BCUT2D eigenvalue weighted by Crippen LogP contribution is 2.35. The molecule has 4 saturated heterocycles. The van der Waals surface area contributed by atoms with Crippen molar-refractivity contribution in [3.63, 3.8) is 0 Å². The minimum absolute atomic E-state index is 0.112. The molecule has 4 bridgehead atoms. The summed E-state index contributed by atoms with van der Waals surface area (Å²) in [6, 6.07) is 19.8. The molecule has 3 amide bonds. The molecule has 4 aromatic rings. The lowest BCUT2D eigenvalue weighted by atomic mass is 9.82. The Labute approximate surface area is 409 Å². The number of nitrogens with one attached hydrogen (secondary N) is 5. The van der Waals surface area contributed by atoms with Crippen molar-refractivity contribution < 1.29 is 52.0 Å². The van der Waals surface area contributed by atoms with Crippen molar-refractivity contribution in [2.24, 2.45) is 23.7 Å². The van der Waals surface area contributed by atoms with Gasteiger partial charge < -0.3 is 55.5 Å². The van der Waals surface area contributed by atoms with Crippen molar-refractivity contribution in [1.29, 1.82) is 0 Å². The summed E-state index contributed by atoms with van der Waals surface area (Å²) in [6.45, 7) is 8.54. The van der Waals surface area contributed by atoms with Crippen LogP contribution in [0.2, 0.25) is 10.0 Å². The third-order valence-corrected chi connectivity index (χ3v) is 12.4. The fourth-order valence-electron chi connectivity index (χ4n) is 8.60. The highest BCUT2D eigenvalue weighted by atomic mass is 35.5. The molecule has 2 unspecified atom stereocenters. The van der Waals surface area contributed by atoms with Gasteiger partial charge in [-0.05, 0) is 84.9 Å². The lowest BCUT2D eigenvalue weighted by Crippen LogP contribution is -2.59. The first-order chi connectivity index (χ1) is 33.1. The fraction of sp³-hybridized carbons (Fsp3) is 0.360. The zero-order chi connectivity index (χ0) is 49.6. The zero-order valence-corrected chi connectivity index (χ0v) is 40.0. The molecule has 6 atom stereocenters. The molecule has 0 radical (unpaired) electrons. The van der Waals surface area contributed by atoms with Gasteiger partial charge in [-0.2, -0.15) is 0 Å². The lowest BCUT2D eigenvalue weighted by Gasteiger charge is -2.47. The van der Waals surface area contributed by atoms with Crippen LogP contribution in [0.1, 0.15) is 25.0 Å². The second-order valence-electron chi connectivity index (χ2n) is 16.9. The molecule has 8 rings (SSSR count). The number of anilines is 4. The van der Waals surface area contributed by atoms with Gasteiger partial charge in [-0.15, -0.1) is 0 Å². The summed E-state index contributed by atoms with van der Waals surface area (Å²) in [5.41, 5.74) is 3.87. The van der Waals surface area contributed by atoms with E-state index in [9.17, 15) is 28.0 Å². The number of likely N-dealkylation sites (tertiary alicyclic amines) is 1. The summed E-state index contributed by atoms with van der Waals surface area (Å²) in [7, 11) is 2.95. The van der Waals surface area contributed by atoms with E-state index >= 15 is 0 Å². The van der Waals surface area contributed by atoms with Crippen LogP contribution in [0.4, 0.5) is 31.5 Å². The van der Waals surface area contributed by atoms with Crippen molar-refractivity contribution in [2.75, 3.05) is 88.1 Å². The molecule has 19 heteroatoms. The van der Waals surface area contributed by atoms with Crippen LogP contribution in [0.15, 0.2) is 84.9 Å². The van der Waals surface area contributed by atoms with E-state index in [1.54, 1.807) is 48.5 Å². The number of carbonyl (C=O) groups excluding carboxylic acids is 3. The van der Waals surface area contributed by atoms with Crippen LogP contribution in [-0.4, -0.2) is 113 Å². The summed E-state index contributed by atoms with van der Waals surface area (Å²) < 4.78 is 47.7. The number of hydrogen-bond donors (Lipinski definition) is 6. The number of halogens is 4. The topological polar surface area (TPSA) is 189 Å². The average molecular weight is 994 g/mol. The quantitative estimate of drug-likeness (QED) is 0.0754. The number of carbonyl (C=O) groups is 4. The Hall–Kier alpha value is -6.24. The van der Waals surface area contributed by atoms with Crippen LogP contribution in [0, 0.1) is 35.3 Å². The number of aliphatic carboxylic acids is 1. The van der Waals surface area contributed by atoms with Gasteiger partial charge >= 0.3 is 5.97 Å². The first-order valence-corrected chi connectivity index (χ1v) is 22.9. The van der Waals surface area contributed by atoms with E-state index in [0.717, 1.165) is 43.8 Å². The van der Waals surface area contributed by atoms with E-state index in [0.29, 0.717) is 88.2 Å². The van der Waals surface area contributed by atoms with Gasteiger partial charge in [-0.1, -0.05) is 23.2 Å². The summed E-state index contributed by atoms with van der Waals surface area (Å²) in [5, 5.41) is 25.0. The molecule has 6 N–H and O–H groups in total. The highest BCUT2D eigenvalue weighted by molar-refractivity contribution is 6.33. The largest absolute Gasteiger partial charge is 0.495 e. The molecule has 69 heavy (non-hydrogen) atoms. The van der Waals surface area contributed by atoms with Gasteiger partial charge in [0.15, 0.2) is 0 Å². The Bertz CT molecular complexity index is 2460. The Morgan fingerprint density at radius 1 is 0.667 bits per heavy atom. The number of amides is 3. The second-order valence-corrected chi connectivity index (χ2v) is 17.7. The Balaban J connectivity index is 0.000000188. The molecule has 0 aliphatic carbocycles. The minimum Gasteiger partial charge on any atom is -0.495 e. The van der Waals surface area contributed by atoms with Crippen LogP contribution in [0.3, 0.4) is 0 Å². The zero-order valence-electron chi connectivity index (χ0n) is 38.5. The molecule has 0 spiro atoms. The van der Waals surface area contributed by atoms with Gasteiger partial charge in [0.25, 0.3) is 0 Å². The molecule has 0 saturated carbocycles. The average Bonchev–Trinajstić information content (AvgIpc) is 3.29. The number of hydrogen-bond acceptors (Lipinski definition) is 11. The third kappa shape index (κ3) is 14.9. The third-order valence-electron chi connectivity index (χ3n) is 11.8. The molecule has 0 aromatic heterocycles. The van der Waals surface area contributed by atoms with Crippen molar-refractivity contribution in [1.82, 2.24) is 10.2 Å². The van der Waals surface area contributed by atoms with Crippen LogP contribution in [0.25, 0.3) is 12.2 Å². The van der Waals surface area contributed by atoms with Crippen molar-refractivity contribution >= 4 is 81.8 Å². The summed E-state index contributed by atoms with van der Waals surface area (Å²) in [6.07, 6.45) is 5.47. The van der Waals surface area contributed by atoms with E-state index < -0.39 is 5.97 Å². The van der Waals surface area contributed by atoms with E-state index in [-0.39, 0.29) is 47.2 Å². The minimum atomic E-state index is -1.09. The van der Waals surface area contributed by atoms with Crippen LogP contribution in [0.5, 0.6) is 11.5 Å². The molecule has 368 valence electrons. The van der Waals surface area contributed by atoms with E-state index in [1.165, 1.54) is 70.6 Å². The second kappa shape index (κ2) is 24.9. The number of rotatable bonds is 12. The maximum Gasteiger partial charge on any atom is 0.328 e. The molecule has 4 aromatic carbocycles. The molecule has 4 fully saturated rings. The van der Waals surface area contributed by atoms with Gasteiger partial charge in [0.2, 0.25) is 17.7 Å². The van der Waals surface area contributed by atoms with Gasteiger partial charge in [0, 0.05) is 122 Å². The van der Waals surface area contributed by atoms with Gasteiger partial charge in [-0.3, -0.25) is 14.4 Å². The molecular formula is C50H56Cl2F2N6O9. The molecular weight excluding hydrogens is 937 g/mol. The molecule has 4 aliphatic rings. The SMILES string of the molecule is COc1cc(/C=C/C(=O)N2C[C@H]3COC[C@@H](C2)C3Nc2ccc(F)cc2)c(NC(C)=O)cc1Cl.COc1cc(/C=C/C(=O)O)c(NC(C)=O)cc1Cl.Fc1ccc(NC2[C@@H]3CNC[C@H]2COC3)cc1. The van der Waals surface area contributed by atoms with Crippen LogP contribution in [-0.2, 0) is 28.7 Å². The Kier molecular flexibility index (Phi) is 18.8. The monoisotopic (exact) mass is 992 g/mol. The van der Waals surface area contributed by atoms with Gasteiger partial charge in [0.1, 0.15) is 23.1 Å². The first kappa shape index (κ1) is 52.1. The van der Waals surface area contributed by atoms with Crippen molar-refractivity contribution in [2.45, 2.75) is 25.9 Å². The standard InChI is InChI=1S/C25H27ClFN3O4.C13H17FN2O.C12H12ClNO4/c1-15(31)28-22-10-21(26)23(33-2)9-16(22)3-8-24(32)30-11-17-13-34-14-18(12-30)25(17)29-20-6-4-19(27)5-7-20;14-11-1-3-12(4-2-11)16-13-9-5-15-6-10(13)8-17-7-9;1-7(15)14-10-6-9(13)11(18-2)5-8(10)3-4-12(16)17/h3-10,17-18,25,29H,11-14H2,1-2H3,(H,28,31);1-4,9-10,13,15-16H,5-8H2;3-6H,1-2H3,(H,14,15)(H,16,17)/b8-3+;;4-3+/t17-,18+,25?;9-,10+,13?;. The predicted molar refractivity (Wildman–Crippen MR) is 263 cm³/mol. The number of nitrogens with zero attached hydrogens (tertiary/aromatic N) is 1. The number of carboxylic acids is 1. The van der Waals surface area contributed by atoms with E-state index in [2.05, 4.69) is 26.6 Å². The number of ether oxygens (including phenoxy) is 4. The number of piperidine rings is 2. The van der Waals surface area contributed by atoms with E-state index in [1.807, 2.05) is 4.90 Å². The predicted octanol–water partition coefficient (Wildman–Crippen LogP) is 7.92. The number of carboxylic acid groups (broad SMARTS) is 1. The maximum atomic E-state index is 13.2. The normalized spacial score (nSPS) is 21.4. The number of fused-ring (bicyclic) bond motifs is 4. The van der Waals surface area contributed by atoms with E-state index in [4.69, 9.17) is 47.3 Å². The summed E-state index contributed by atoms with van der Waals surface area (Å²) in [5.74, 6) is -0.116. The smallest absolute Gasteiger partial charge is 0.328 e. The van der Waals surface area contributed by atoms with Crippen molar-refractivity contribution in [3.05, 3.63) is 118 Å². The van der Waals surface area contributed by atoms with Crippen LogP contribution >= 0.6 is 23.2 Å². The molecule has 15 nitrogen and oxygen atoms in total. The highest BCUT2D eigenvalue weighted by Gasteiger charge is 2.41. The maximum absolute atomic E-state index is 13.2. The number of benzene rings is 4. The number of methoxy groups -OCH3 is 2. The Morgan fingerprint density at radius 2 is 1.07 bits per heavy atom.